The lowest BCUT2D eigenvalue weighted by atomic mass is 10.00. The topological polar surface area (TPSA) is 17.1 Å². The summed E-state index contributed by atoms with van der Waals surface area (Å²) in [5.74, 6) is 0. The van der Waals surface area contributed by atoms with E-state index in [1.165, 1.54) is 11.8 Å². The summed E-state index contributed by atoms with van der Waals surface area (Å²) in [5, 5.41) is 2.24. The van der Waals surface area contributed by atoms with Gasteiger partial charge in [-0.2, -0.15) is 0 Å². The summed E-state index contributed by atoms with van der Waals surface area (Å²) >= 11 is 1.20. The summed E-state index contributed by atoms with van der Waals surface area (Å²) in [6, 6.07) is 14.0. The van der Waals surface area contributed by atoms with E-state index in [2.05, 4.69) is 6.58 Å². The maximum atomic E-state index is 11.6. The van der Waals surface area contributed by atoms with Gasteiger partial charge in [-0.05, 0) is 22.6 Å². The van der Waals surface area contributed by atoms with Crippen molar-refractivity contribution in [3.8, 4) is 0 Å². The van der Waals surface area contributed by atoms with E-state index in [0.29, 0.717) is 5.57 Å². The van der Waals surface area contributed by atoms with Crippen molar-refractivity contribution in [1.29, 1.82) is 0 Å². The van der Waals surface area contributed by atoms with Crippen molar-refractivity contribution in [2.45, 2.75) is 0 Å². The van der Waals surface area contributed by atoms with Gasteiger partial charge in [0.25, 0.3) is 0 Å². The molecule has 0 N–H and O–H groups in total. The van der Waals surface area contributed by atoms with Crippen LogP contribution in [0.1, 0.15) is 5.56 Å². The van der Waals surface area contributed by atoms with Crippen LogP contribution in [0.25, 0.3) is 16.3 Å². The first kappa shape index (κ1) is 11.0. The van der Waals surface area contributed by atoms with Gasteiger partial charge in [0.2, 0.25) is 5.12 Å². The second-order valence-electron chi connectivity index (χ2n) is 3.50. The fraction of sp³-hybridized carbons (Fsp3) is 0.0714. The fourth-order valence-electron chi connectivity index (χ4n) is 1.72. The lowest BCUT2D eigenvalue weighted by Crippen LogP contribution is -1.95. The van der Waals surface area contributed by atoms with Gasteiger partial charge < -0.3 is 0 Å². The van der Waals surface area contributed by atoms with Crippen molar-refractivity contribution in [1.82, 2.24) is 0 Å². The summed E-state index contributed by atoms with van der Waals surface area (Å²) in [5.41, 5.74) is 1.50. The zero-order chi connectivity index (χ0) is 11.5. The van der Waals surface area contributed by atoms with Crippen LogP contribution in [-0.4, -0.2) is 11.4 Å². The molecule has 0 saturated heterocycles. The predicted molar refractivity (Wildman–Crippen MR) is 71.5 cm³/mol. The van der Waals surface area contributed by atoms with Crippen LogP contribution in [0.3, 0.4) is 0 Å². The van der Waals surface area contributed by atoms with Crippen molar-refractivity contribution >= 4 is 33.2 Å². The number of hydrogen-bond donors (Lipinski definition) is 0. The van der Waals surface area contributed by atoms with Gasteiger partial charge in [-0.1, -0.05) is 60.8 Å². The van der Waals surface area contributed by atoms with Gasteiger partial charge in [-0.25, -0.2) is 0 Å². The molecular weight excluding hydrogens is 216 g/mol. The van der Waals surface area contributed by atoms with E-state index < -0.39 is 0 Å². The number of benzene rings is 2. The Morgan fingerprint density at radius 2 is 1.81 bits per heavy atom. The average Bonchev–Trinajstić information content (AvgIpc) is 2.36. The smallest absolute Gasteiger partial charge is 0.219 e. The standard InChI is InChI=1S/C14H12OS/c1-10(14(15)16-2)12-9-5-7-11-6-3-4-8-13(11)12/h3-9H,1H2,2H3. The van der Waals surface area contributed by atoms with E-state index in [1.54, 1.807) is 6.26 Å². The Kier molecular flexibility index (Phi) is 3.11. The van der Waals surface area contributed by atoms with E-state index >= 15 is 0 Å². The van der Waals surface area contributed by atoms with E-state index in [0.717, 1.165) is 16.3 Å². The van der Waals surface area contributed by atoms with E-state index in [4.69, 9.17) is 0 Å². The minimum absolute atomic E-state index is 0.0244. The third kappa shape index (κ3) is 1.89. The first-order valence-electron chi connectivity index (χ1n) is 4.99. The molecule has 0 amide bonds. The SMILES string of the molecule is C=C(C(=O)SC)c1cccc2ccccc12. The fourth-order valence-corrected chi connectivity index (χ4v) is 2.08. The maximum Gasteiger partial charge on any atom is 0.219 e. The minimum atomic E-state index is 0.0244. The number of fused-ring (bicyclic) bond motifs is 1. The molecule has 0 heterocycles. The average molecular weight is 228 g/mol. The lowest BCUT2D eigenvalue weighted by Gasteiger charge is -2.07. The third-order valence-electron chi connectivity index (χ3n) is 2.55. The molecule has 0 aliphatic heterocycles. The number of carbonyl (C=O) groups is 1. The molecule has 0 unspecified atom stereocenters. The Balaban J connectivity index is 2.61. The number of hydrogen-bond acceptors (Lipinski definition) is 2. The number of thioether (sulfide) groups is 1. The molecule has 0 aliphatic rings. The Morgan fingerprint density at radius 1 is 1.12 bits per heavy atom. The molecule has 1 nitrogen and oxygen atoms in total. The Bertz CT molecular complexity index is 552. The maximum absolute atomic E-state index is 11.6. The molecule has 0 aromatic heterocycles. The second kappa shape index (κ2) is 4.54. The Labute approximate surface area is 99.2 Å². The van der Waals surface area contributed by atoms with Crippen LogP contribution in [0, 0.1) is 0 Å². The second-order valence-corrected chi connectivity index (χ2v) is 4.28. The van der Waals surface area contributed by atoms with Crippen LogP contribution in [0.2, 0.25) is 0 Å². The zero-order valence-electron chi connectivity index (χ0n) is 9.07. The molecule has 0 radical (unpaired) electrons. The van der Waals surface area contributed by atoms with E-state index in [-0.39, 0.29) is 5.12 Å². The highest BCUT2D eigenvalue weighted by Crippen LogP contribution is 2.26. The van der Waals surface area contributed by atoms with Crippen molar-refractivity contribution < 1.29 is 4.79 Å². The highest BCUT2D eigenvalue weighted by Gasteiger charge is 2.10. The van der Waals surface area contributed by atoms with Crippen LogP contribution in [-0.2, 0) is 4.79 Å². The normalized spacial score (nSPS) is 10.3. The van der Waals surface area contributed by atoms with Gasteiger partial charge in [0.1, 0.15) is 0 Å². The number of carbonyl (C=O) groups excluding carboxylic acids is 1. The third-order valence-corrected chi connectivity index (χ3v) is 3.16. The summed E-state index contributed by atoms with van der Waals surface area (Å²) in [6.45, 7) is 3.88. The zero-order valence-corrected chi connectivity index (χ0v) is 9.88. The van der Waals surface area contributed by atoms with Gasteiger partial charge in [0.15, 0.2) is 0 Å². The first-order valence-corrected chi connectivity index (χ1v) is 6.22. The van der Waals surface area contributed by atoms with Crippen LogP contribution in [0.4, 0.5) is 0 Å². The summed E-state index contributed by atoms with van der Waals surface area (Å²) < 4.78 is 0. The largest absolute Gasteiger partial charge is 0.282 e. The molecule has 0 fully saturated rings. The van der Waals surface area contributed by atoms with Crippen molar-refractivity contribution in [3.63, 3.8) is 0 Å². The van der Waals surface area contributed by atoms with E-state index in [1.807, 2.05) is 42.5 Å². The first-order chi connectivity index (χ1) is 7.74. The summed E-state index contributed by atoms with van der Waals surface area (Å²) in [4.78, 5) is 11.6. The van der Waals surface area contributed by atoms with Gasteiger partial charge in [-0.15, -0.1) is 0 Å². The van der Waals surface area contributed by atoms with Gasteiger partial charge in [0.05, 0.1) is 0 Å². The molecule has 0 atom stereocenters. The van der Waals surface area contributed by atoms with Crippen molar-refractivity contribution in [3.05, 3.63) is 54.6 Å². The van der Waals surface area contributed by atoms with Gasteiger partial charge >= 0.3 is 0 Å². The quantitative estimate of drug-likeness (QED) is 0.728. The highest BCUT2D eigenvalue weighted by molar-refractivity contribution is 8.14. The van der Waals surface area contributed by atoms with Crippen LogP contribution in [0.5, 0.6) is 0 Å². The molecular formula is C14H12OS. The highest BCUT2D eigenvalue weighted by atomic mass is 32.2. The molecule has 16 heavy (non-hydrogen) atoms. The number of rotatable bonds is 2. The van der Waals surface area contributed by atoms with Crippen LogP contribution < -0.4 is 0 Å². The molecule has 0 bridgehead atoms. The molecule has 0 saturated carbocycles. The van der Waals surface area contributed by atoms with E-state index in [9.17, 15) is 4.79 Å². The van der Waals surface area contributed by atoms with Crippen LogP contribution in [0.15, 0.2) is 49.0 Å². The summed E-state index contributed by atoms with van der Waals surface area (Å²) in [6.07, 6.45) is 1.78. The Morgan fingerprint density at radius 3 is 2.56 bits per heavy atom. The molecule has 2 aromatic carbocycles. The molecule has 2 rings (SSSR count). The molecule has 0 spiro atoms. The van der Waals surface area contributed by atoms with Crippen molar-refractivity contribution in [2.75, 3.05) is 6.26 Å². The minimum Gasteiger partial charge on any atom is -0.282 e. The van der Waals surface area contributed by atoms with Gasteiger partial charge in [0, 0.05) is 5.57 Å². The predicted octanol–water partition coefficient (Wildman–Crippen LogP) is 3.74. The molecule has 0 aliphatic carbocycles. The lowest BCUT2D eigenvalue weighted by molar-refractivity contribution is -0.106. The monoisotopic (exact) mass is 228 g/mol. The summed E-state index contributed by atoms with van der Waals surface area (Å²) in [7, 11) is 0. The molecule has 80 valence electrons. The van der Waals surface area contributed by atoms with Crippen LogP contribution >= 0.6 is 11.8 Å². The molecule has 2 aromatic rings. The molecule has 2 heteroatoms. The van der Waals surface area contributed by atoms with Gasteiger partial charge in [-0.3, -0.25) is 4.79 Å². The Hall–Kier alpha value is -1.54. The van der Waals surface area contributed by atoms with Crippen molar-refractivity contribution in [2.24, 2.45) is 0 Å².